The zero-order valence-corrected chi connectivity index (χ0v) is 10.6. The fraction of sp³-hybridized carbons (Fsp3) is 0.125. The van der Waals surface area contributed by atoms with Gasteiger partial charge < -0.3 is 4.74 Å². The van der Waals surface area contributed by atoms with E-state index in [1.807, 2.05) is 25.1 Å². The van der Waals surface area contributed by atoms with E-state index in [0.29, 0.717) is 23.5 Å². The topological polar surface area (TPSA) is 56.8 Å². The van der Waals surface area contributed by atoms with Gasteiger partial charge in [0.1, 0.15) is 12.4 Å². The highest BCUT2D eigenvalue weighted by Gasteiger charge is 2.02. The van der Waals surface area contributed by atoms with E-state index in [9.17, 15) is 0 Å². The third-order valence-corrected chi connectivity index (χ3v) is 2.79. The summed E-state index contributed by atoms with van der Waals surface area (Å²) in [5.41, 5.74) is 3.19. The molecule has 0 saturated carbocycles. The van der Waals surface area contributed by atoms with Crippen LogP contribution in [-0.4, -0.2) is 0 Å². The van der Waals surface area contributed by atoms with Crippen LogP contribution < -0.4 is 4.74 Å². The van der Waals surface area contributed by atoms with Gasteiger partial charge in [-0.05, 0) is 42.3 Å². The molecule has 0 N–H and O–H groups in total. The third kappa shape index (κ3) is 3.12. The SMILES string of the molecule is Cc1ccc(C#N)cc1OCc1ccc(C#N)cc1. The quantitative estimate of drug-likeness (QED) is 0.837. The molecule has 2 aromatic rings. The average Bonchev–Trinajstić information content (AvgIpc) is 2.47. The molecule has 0 heterocycles. The van der Waals surface area contributed by atoms with Crippen molar-refractivity contribution in [3.63, 3.8) is 0 Å². The molecule has 0 radical (unpaired) electrons. The number of hydrogen-bond donors (Lipinski definition) is 0. The fourth-order valence-electron chi connectivity index (χ4n) is 1.66. The molecule has 0 aliphatic rings. The Morgan fingerprint density at radius 3 is 2.21 bits per heavy atom. The summed E-state index contributed by atoms with van der Waals surface area (Å²) in [6.07, 6.45) is 0. The Kier molecular flexibility index (Phi) is 3.81. The first-order valence-corrected chi connectivity index (χ1v) is 5.85. The van der Waals surface area contributed by atoms with Crippen LogP contribution in [-0.2, 0) is 6.61 Å². The molecular formula is C16H12N2O. The highest BCUT2D eigenvalue weighted by atomic mass is 16.5. The standard InChI is InChI=1S/C16H12N2O/c1-12-2-3-15(10-18)8-16(12)19-11-14-6-4-13(9-17)5-7-14/h2-8H,11H2,1H3. The molecule has 0 aromatic heterocycles. The molecular weight excluding hydrogens is 236 g/mol. The number of nitriles is 2. The van der Waals surface area contributed by atoms with Crippen LogP contribution in [0.3, 0.4) is 0 Å². The third-order valence-electron chi connectivity index (χ3n) is 2.79. The monoisotopic (exact) mass is 248 g/mol. The van der Waals surface area contributed by atoms with Crippen molar-refractivity contribution in [1.82, 2.24) is 0 Å². The number of nitrogens with zero attached hydrogens (tertiary/aromatic N) is 2. The van der Waals surface area contributed by atoms with Gasteiger partial charge in [0.05, 0.1) is 23.3 Å². The number of hydrogen-bond acceptors (Lipinski definition) is 3. The molecule has 0 unspecified atom stereocenters. The van der Waals surface area contributed by atoms with Crippen LogP contribution in [0.2, 0.25) is 0 Å². The Morgan fingerprint density at radius 1 is 0.947 bits per heavy atom. The van der Waals surface area contributed by atoms with E-state index < -0.39 is 0 Å². The minimum atomic E-state index is 0.418. The van der Waals surface area contributed by atoms with Crippen LogP contribution in [0.5, 0.6) is 5.75 Å². The minimum Gasteiger partial charge on any atom is -0.489 e. The van der Waals surface area contributed by atoms with Gasteiger partial charge in [-0.1, -0.05) is 18.2 Å². The highest BCUT2D eigenvalue weighted by molar-refractivity contribution is 5.42. The van der Waals surface area contributed by atoms with Crippen molar-refractivity contribution in [3.8, 4) is 17.9 Å². The molecule has 0 amide bonds. The molecule has 3 heteroatoms. The second kappa shape index (κ2) is 5.71. The lowest BCUT2D eigenvalue weighted by Crippen LogP contribution is -1.97. The molecule has 2 rings (SSSR count). The molecule has 0 saturated heterocycles. The van der Waals surface area contributed by atoms with E-state index in [1.54, 1.807) is 24.3 Å². The van der Waals surface area contributed by atoms with Gasteiger partial charge in [-0.15, -0.1) is 0 Å². The van der Waals surface area contributed by atoms with Gasteiger partial charge in [0, 0.05) is 0 Å². The van der Waals surface area contributed by atoms with E-state index in [-0.39, 0.29) is 0 Å². The zero-order valence-electron chi connectivity index (χ0n) is 10.6. The van der Waals surface area contributed by atoms with Crippen LogP contribution in [0, 0.1) is 29.6 Å². The first-order valence-electron chi connectivity index (χ1n) is 5.85. The summed E-state index contributed by atoms with van der Waals surface area (Å²) in [4.78, 5) is 0. The van der Waals surface area contributed by atoms with Gasteiger partial charge in [0.15, 0.2) is 0 Å². The van der Waals surface area contributed by atoms with Gasteiger partial charge in [0.25, 0.3) is 0 Å². The van der Waals surface area contributed by atoms with E-state index in [2.05, 4.69) is 12.1 Å². The van der Waals surface area contributed by atoms with Crippen molar-refractivity contribution in [2.75, 3.05) is 0 Å². The summed E-state index contributed by atoms with van der Waals surface area (Å²) in [6, 6.07) is 16.8. The van der Waals surface area contributed by atoms with Crippen molar-refractivity contribution in [2.24, 2.45) is 0 Å². The second-order valence-electron chi connectivity index (χ2n) is 4.19. The van der Waals surface area contributed by atoms with Gasteiger partial charge in [0.2, 0.25) is 0 Å². The maximum absolute atomic E-state index is 8.86. The predicted octanol–water partition coefficient (Wildman–Crippen LogP) is 3.32. The fourth-order valence-corrected chi connectivity index (χ4v) is 1.66. The summed E-state index contributed by atoms with van der Waals surface area (Å²) in [6.45, 7) is 2.36. The van der Waals surface area contributed by atoms with Crippen LogP contribution in [0.25, 0.3) is 0 Å². The molecule has 92 valence electrons. The first kappa shape index (κ1) is 12.7. The molecule has 3 nitrogen and oxygen atoms in total. The lowest BCUT2D eigenvalue weighted by atomic mass is 10.1. The zero-order chi connectivity index (χ0) is 13.7. The van der Waals surface area contributed by atoms with Crippen molar-refractivity contribution >= 4 is 0 Å². The largest absolute Gasteiger partial charge is 0.489 e. The highest BCUT2D eigenvalue weighted by Crippen LogP contribution is 2.20. The predicted molar refractivity (Wildman–Crippen MR) is 71.4 cm³/mol. The lowest BCUT2D eigenvalue weighted by Gasteiger charge is -2.09. The normalized spacial score (nSPS) is 9.42. The van der Waals surface area contributed by atoms with Crippen LogP contribution in [0.1, 0.15) is 22.3 Å². The van der Waals surface area contributed by atoms with Crippen molar-refractivity contribution in [2.45, 2.75) is 13.5 Å². The lowest BCUT2D eigenvalue weighted by molar-refractivity contribution is 0.304. The molecule has 0 bridgehead atoms. The summed E-state index contributed by atoms with van der Waals surface area (Å²) >= 11 is 0. The van der Waals surface area contributed by atoms with Crippen LogP contribution in [0.15, 0.2) is 42.5 Å². The Morgan fingerprint density at radius 2 is 1.58 bits per heavy atom. The molecule has 0 aliphatic heterocycles. The van der Waals surface area contributed by atoms with Gasteiger partial charge in [-0.3, -0.25) is 0 Å². The number of rotatable bonds is 3. The Labute approximate surface area is 112 Å². The van der Waals surface area contributed by atoms with Gasteiger partial charge in [-0.2, -0.15) is 10.5 Å². The van der Waals surface area contributed by atoms with E-state index in [4.69, 9.17) is 15.3 Å². The smallest absolute Gasteiger partial charge is 0.124 e. The maximum atomic E-state index is 8.86. The summed E-state index contributed by atoms with van der Waals surface area (Å²) in [7, 11) is 0. The molecule has 2 aromatic carbocycles. The molecule has 19 heavy (non-hydrogen) atoms. The first-order chi connectivity index (χ1) is 9.22. The van der Waals surface area contributed by atoms with Crippen LogP contribution in [0.4, 0.5) is 0 Å². The molecule has 0 aliphatic carbocycles. The average molecular weight is 248 g/mol. The van der Waals surface area contributed by atoms with E-state index >= 15 is 0 Å². The summed E-state index contributed by atoms with van der Waals surface area (Å²) in [5, 5.41) is 17.6. The summed E-state index contributed by atoms with van der Waals surface area (Å²) in [5.74, 6) is 0.711. The van der Waals surface area contributed by atoms with E-state index in [0.717, 1.165) is 11.1 Å². The molecule has 0 spiro atoms. The number of benzene rings is 2. The number of ether oxygens (including phenoxy) is 1. The second-order valence-corrected chi connectivity index (χ2v) is 4.19. The Hall–Kier alpha value is -2.78. The van der Waals surface area contributed by atoms with Crippen LogP contribution >= 0.6 is 0 Å². The minimum absolute atomic E-state index is 0.418. The van der Waals surface area contributed by atoms with Gasteiger partial charge >= 0.3 is 0 Å². The number of aryl methyl sites for hydroxylation is 1. The Bertz CT molecular complexity index is 661. The van der Waals surface area contributed by atoms with Gasteiger partial charge in [-0.25, -0.2) is 0 Å². The summed E-state index contributed by atoms with van der Waals surface area (Å²) < 4.78 is 5.70. The maximum Gasteiger partial charge on any atom is 0.124 e. The van der Waals surface area contributed by atoms with E-state index in [1.165, 1.54) is 0 Å². The van der Waals surface area contributed by atoms with Crippen molar-refractivity contribution < 1.29 is 4.74 Å². The molecule has 0 atom stereocenters. The Balaban J connectivity index is 2.10. The van der Waals surface area contributed by atoms with Crippen molar-refractivity contribution in [1.29, 1.82) is 10.5 Å². The molecule has 0 fully saturated rings. The van der Waals surface area contributed by atoms with Crippen molar-refractivity contribution in [3.05, 3.63) is 64.7 Å².